The summed E-state index contributed by atoms with van der Waals surface area (Å²) < 4.78 is 5.50. The number of nitrogens with two attached hydrogens (primary N) is 1. The number of benzene rings is 2. The van der Waals surface area contributed by atoms with Gasteiger partial charge in [-0.3, -0.25) is 9.89 Å². The van der Waals surface area contributed by atoms with Crippen molar-refractivity contribution in [2.75, 3.05) is 38.2 Å². The lowest BCUT2D eigenvalue weighted by Crippen LogP contribution is -2.40. The van der Waals surface area contributed by atoms with Crippen molar-refractivity contribution in [1.82, 2.24) is 4.90 Å². The molecule has 2 aromatic rings. The first-order valence-electron chi connectivity index (χ1n) is 9.14. The zero-order valence-electron chi connectivity index (χ0n) is 15.6. The first kappa shape index (κ1) is 18.4. The van der Waals surface area contributed by atoms with Gasteiger partial charge >= 0.3 is 0 Å². The molecule has 1 fully saturated rings. The second-order valence-electron chi connectivity index (χ2n) is 6.80. The van der Waals surface area contributed by atoms with Gasteiger partial charge in [-0.1, -0.05) is 36.4 Å². The summed E-state index contributed by atoms with van der Waals surface area (Å²) >= 11 is 0. The lowest BCUT2D eigenvalue weighted by molar-refractivity contribution is 0.0180. The van der Waals surface area contributed by atoms with Crippen molar-refractivity contribution < 1.29 is 4.74 Å². The number of hydrogen-bond donors (Lipinski definition) is 2. The predicted molar refractivity (Wildman–Crippen MR) is 108 cm³/mol. The third kappa shape index (κ3) is 5.07. The van der Waals surface area contributed by atoms with Gasteiger partial charge in [0.25, 0.3) is 0 Å². The standard InChI is InChI=1S/C21H28N4O/c1-16-12-17(2)14-19(13-16)24-21(22)23-15-20(18-6-4-3-5-7-18)25-8-10-26-11-9-25/h3-7,12-14,20H,8-11,15H2,1-2H3,(H3,22,23,24). The van der Waals surface area contributed by atoms with E-state index in [4.69, 9.17) is 10.5 Å². The van der Waals surface area contributed by atoms with Crippen molar-refractivity contribution in [2.45, 2.75) is 19.9 Å². The van der Waals surface area contributed by atoms with Gasteiger partial charge in [0.1, 0.15) is 0 Å². The minimum absolute atomic E-state index is 0.208. The fourth-order valence-corrected chi connectivity index (χ4v) is 3.42. The number of hydrogen-bond acceptors (Lipinski definition) is 3. The second kappa shape index (κ2) is 8.83. The van der Waals surface area contributed by atoms with E-state index < -0.39 is 0 Å². The molecule has 1 unspecified atom stereocenters. The maximum atomic E-state index is 6.16. The molecule has 3 rings (SSSR count). The number of nitrogens with zero attached hydrogens (tertiary/aromatic N) is 2. The van der Waals surface area contributed by atoms with Crippen LogP contribution in [0.2, 0.25) is 0 Å². The van der Waals surface area contributed by atoms with E-state index >= 15 is 0 Å². The Morgan fingerprint density at radius 1 is 1.12 bits per heavy atom. The summed E-state index contributed by atoms with van der Waals surface area (Å²) in [5.74, 6) is 0.448. The predicted octanol–water partition coefficient (Wildman–Crippen LogP) is 3.10. The van der Waals surface area contributed by atoms with Gasteiger partial charge in [-0.05, 0) is 42.7 Å². The molecule has 2 aromatic carbocycles. The van der Waals surface area contributed by atoms with Crippen LogP contribution in [-0.2, 0) is 4.74 Å². The Kier molecular flexibility index (Phi) is 6.26. The molecule has 5 nitrogen and oxygen atoms in total. The minimum Gasteiger partial charge on any atom is -0.379 e. The molecule has 0 aromatic heterocycles. The first-order valence-corrected chi connectivity index (χ1v) is 9.14. The van der Waals surface area contributed by atoms with Crippen LogP contribution in [0.5, 0.6) is 0 Å². The molecule has 1 heterocycles. The molecular weight excluding hydrogens is 324 g/mol. The highest BCUT2D eigenvalue weighted by atomic mass is 16.5. The van der Waals surface area contributed by atoms with Gasteiger partial charge in [-0.25, -0.2) is 0 Å². The van der Waals surface area contributed by atoms with E-state index in [1.165, 1.54) is 16.7 Å². The molecule has 5 heteroatoms. The van der Waals surface area contributed by atoms with Crippen molar-refractivity contribution in [1.29, 1.82) is 0 Å². The molecule has 3 N–H and O–H groups in total. The Labute approximate surface area is 155 Å². The number of aryl methyl sites for hydroxylation is 2. The van der Waals surface area contributed by atoms with Crippen molar-refractivity contribution in [3.63, 3.8) is 0 Å². The summed E-state index contributed by atoms with van der Waals surface area (Å²) in [5, 5.41) is 3.22. The van der Waals surface area contributed by atoms with Crippen LogP contribution in [0, 0.1) is 13.8 Å². The van der Waals surface area contributed by atoms with Crippen LogP contribution in [0.1, 0.15) is 22.7 Å². The molecule has 0 amide bonds. The largest absolute Gasteiger partial charge is 0.379 e. The van der Waals surface area contributed by atoms with Crippen LogP contribution >= 0.6 is 0 Å². The van der Waals surface area contributed by atoms with Gasteiger partial charge in [-0.15, -0.1) is 0 Å². The number of rotatable bonds is 5. The summed E-state index contributed by atoms with van der Waals surface area (Å²) in [6.45, 7) is 8.14. The molecule has 0 spiro atoms. The fourth-order valence-electron chi connectivity index (χ4n) is 3.42. The third-order valence-electron chi connectivity index (χ3n) is 4.60. The van der Waals surface area contributed by atoms with Crippen molar-refractivity contribution in [3.8, 4) is 0 Å². The van der Waals surface area contributed by atoms with Crippen LogP contribution < -0.4 is 11.1 Å². The summed E-state index contributed by atoms with van der Waals surface area (Å²) in [6, 6.07) is 17.0. The molecule has 0 saturated carbocycles. The van der Waals surface area contributed by atoms with Crippen molar-refractivity contribution >= 4 is 11.6 Å². The number of morpholine rings is 1. The zero-order chi connectivity index (χ0) is 18.4. The highest BCUT2D eigenvalue weighted by Gasteiger charge is 2.22. The highest BCUT2D eigenvalue weighted by molar-refractivity contribution is 5.92. The molecule has 26 heavy (non-hydrogen) atoms. The van der Waals surface area contributed by atoms with Gasteiger partial charge in [0.05, 0.1) is 25.8 Å². The SMILES string of the molecule is Cc1cc(C)cc(NC(N)=NCC(c2ccccc2)N2CCOCC2)c1. The Bertz CT molecular complexity index is 719. The fraction of sp³-hybridized carbons (Fsp3) is 0.381. The van der Waals surface area contributed by atoms with Crippen molar-refractivity contribution in [3.05, 3.63) is 65.2 Å². The average Bonchev–Trinajstić information content (AvgIpc) is 2.63. The summed E-state index contributed by atoms with van der Waals surface area (Å²) in [7, 11) is 0. The number of guanidine groups is 1. The Morgan fingerprint density at radius 3 is 2.42 bits per heavy atom. The molecule has 1 saturated heterocycles. The Hall–Kier alpha value is -2.37. The van der Waals surface area contributed by atoms with E-state index in [0.717, 1.165) is 32.0 Å². The number of ether oxygens (including phenoxy) is 1. The van der Waals surface area contributed by atoms with E-state index in [0.29, 0.717) is 12.5 Å². The molecule has 0 bridgehead atoms. The van der Waals surface area contributed by atoms with E-state index in [9.17, 15) is 0 Å². The van der Waals surface area contributed by atoms with Crippen LogP contribution in [0.25, 0.3) is 0 Å². The smallest absolute Gasteiger partial charge is 0.193 e. The van der Waals surface area contributed by atoms with Crippen LogP contribution in [0.3, 0.4) is 0 Å². The summed E-state index contributed by atoms with van der Waals surface area (Å²) in [6.07, 6.45) is 0. The lowest BCUT2D eigenvalue weighted by Gasteiger charge is -2.34. The van der Waals surface area contributed by atoms with Crippen LogP contribution in [0.15, 0.2) is 53.5 Å². The van der Waals surface area contributed by atoms with Crippen LogP contribution in [0.4, 0.5) is 5.69 Å². The van der Waals surface area contributed by atoms with Gasteiger partial charge < -0.3 is 15.8 Å². The molecule has 138 valence electrons. The van der Waals surface area contributed by atoms with Gasteiger partial charge in [0, 0.05) is 18.8 Å². The van der Waals surface area contributed by atoms with Gasteiger partial charge in [0.2, 0.25) is 0 Å². The molecule has 1 aliphatic rings. The van der Waals surface area contributed by atoms with Crippen LogP contribution in [-0.4, -0.2) is 43.7 Å². The lowest BCUT2D eigenvalue weighted by atomic mass is 10.1. The van der Waals surface area contributed by atoms with Crippen molar-refractivity contribution in [2.24, 2.45) is 10.7 Å². The maximum absolute atomic E-state index is 6.16. The Morgan fingerprint density at radius 2 is 1.77 bits per heavy atom. The maximum Gasteiger partial charge on any atom is 0.193 e. The molecular formula is C21H28N4O. The van der Waals surface area contributed by atoms with E-state index in [1.807, 2.05) is 6.07 Å². The zero-order valence-corrected chi connectivity index (χ0v) is 15.6. The topological polar surface area (TPSA) is 62.9 Å². The number of aliphatic imine (C=N–C) groups is 1. The van der Waals surface area contributed by atoms with E-state index in [-0.39, 0.29) is 6.04 Å². The van der Waals surface area contributed by atoms with Gasteiger partial charge in [-0.2, -0.15) is 0 Å². The third-order valence-corrected chi connectivity index (χ3v) is 4.60. The summed E-state index contributed by atoms with van der Waals surface area (Å²) in [5.41, 5.74) is 10.8. The average molecular weight is 352 g/mol. The Balaban J connectivity index is 1.72. The normalized spacial score (nSPS) is 17.1. The quantitative estimate of drug-likeness (QED) is 0.641. The molecule has 0 radical (unpaired) electrons. The number of anilines is 1. The second-order valence-corrected chi connectivity index (χ2v) is 6.80. The van der Waals surface area contributed by atoms with E-state index in [1.54, 1.807) is 0 Å². The minimum atomic E-state index is 0.208. The first-order chi connectivity index (χ1) is 12.6. The highest BCUT2D eigenvalue weighted by Crippen LogP contribution is 2.22. The molecule has 1 aliphatic heterocycles. The molecule has 1 atom stereocenters. The summed E-state index contributed by atoms with van der Waals surface area (Å²) in [4.78, 5) is 7.05. The monoisotopic (exact) mass is 352 g/mol. The number of nitrogens with one attached hydrogen (secondary N) is 1. The van der Waals surface area contributed by atoms with E-state index in [2.05, 4.69) is 71.5 Å². The van der Waals surface area contributed by atoms with Gasteiger partial charge in [0.15, 0.2) is 5.96 Å². The molecule has 0 aliphatic carbocycles.